The Hall–Kier alpha value is -2.35. The Balaban J connectivity index is 1.41. The van der Waals surface area contributed by atoms with Crippen molar-refractivity contribution >= 4 is 23.4 Å². The molecule has 2 aliphatic heterocycles. The van der Waals surface area contributed by atoms with E-state index < -0.39 is 30.7 Å². The number of nitrogens with two attached hydrogens (primary N) is 1. The lowest BCUT2D eigenvalue weighted by atomic mass is 10.1. The molecule has 1 saturated heterocycles. The molecule has 1 atom stereocenters. The first-order chi connectivity index (χ1) is 16.1. The lowest BCUT2D eigenvalue weighted by molar-refractivity contribution is 0.0730. The molecule has 0 spiro atoms. The van der Waals surface area contributed by atoms with E-state index >= 15 is 0 Å². The van der Waals surface area contributed by atoms with Crippen molar-refractivity contribution in [3.8, 4) is 0 Å². The van der Waals surface area contributed by atoms with E-state index in [1.54, 1.807) is 48.7 Å². The van der Waals surface area contributed by atoms with Crippen LogP contribution in [0.25, 0.3) is 5.57 Å². The van der Waals surface area contributed by atoms with Gasteiger partial charge in [0.15, 0.2) is 5.76 Å². The van der Waals surface area contributed by atoms with Crippen LogP contribution in [0.1, 0.15) is 17.0 Å². The topological polar surface area (TPSA) is 169 Å². The molecule has 0 saturated carbocycles. The number of allylic oxidation sites excluding steroid dienone is 2. The molecule has 14 heteroatoms. The normalized spacial score (nSPS) is 19.9. The number of nitrogens with zero attached hydrogens (tertiary/aromatic N) is 3. The van der Waals surface area contributed by atoms with Gasteiger partial charge in [-0.2, -0.15) is 4.31 Å². The van der Waals surface area contributed by atoms with Crippen LogP contribution >= 0.6 is 7.82 Å². The molecule has 12 nitrogen and oxygen atoms in total. The zero-order valence-electron chi connectivity index (χ0n) is 18.1. The van der Waals surface area contributed by atoms with Gasteiger partial charge in [0, 0.05) is 37.3 Å². The zero-order valence-corrected chi connectivity index (χ0v) is 19.8. The van der Waals surface area contributed by atoms with Crippen molar-refractivity contribution in [1.82, 2.24) is 14.4 Å². The first kappa shape index (κ1) is 24.8. The van der Waals surface area contributed by atoms with Crippen LogP contribution < -0.4 is 5.73 Å². The predicted molar refractivity (Wildman–Crippen MR) is 120 cm³/mol. The first-order valence-corrected chi connectivity index (χ1v) is 13.3. The van der Waals surface area contributed by atoms with Gasteiger partial charge >= 0.3 is 7.82 Å². The number of hydrogen-bond donors (Lipinski definition) is 3. The number of ether oxygens (including phenoxy) is 1. The number of phosphoric ester groups is 1. The Labute approximate surface area is 196 Å². The van der Waals surface area contributed by atoms with E-state index in [1.807, 2.05) is 0 Å². The molecule has 184 valence electrons. The molecule has 2 aromatic rings. The van der Waals surface area contributed by atoms with Crippen LogP contribution in [0.5, 0.6) is 0 Å². The molecule has 1 unspecified atom stereocenters. The molecule has 3 heterocycles. The molecular formula is C20H25N4O8PS. The van der Waals surface area contributed by atoms with E-state index in [1.165, 1.54) is 9.21 Å². The van der Waals surface area contributed by atoms with Gasteiger partial charge in [0.25, 0.3) is 0 Å². The maximum atomic E-state index is 12.8. The number of rotatable bonds is 8. The van der Waals surface area contributed by atoms with Crippen molar-refractivity contribution in [1.29, 1.82) is 0 Å². The fourth-order valence-electron chi connectivity index (χ4n) is 3.58. The van der Waals surface area contributed by atoms with E-state index in [-0.39, 0.29) is 4.90 Å². The molecule has 0 aliphatic carbocycles. The highest BCUT2D eigenvalue weighted by Gasteiger charge is 2.27. The predicted octanol–water partition coefficient (Wildman–Crippen LogP) is 0.851. The van der Waals surface area contributed by atoms with Crippen LogP contribution in [0, 0.1) is 0 Å². The monoisotopic (exact) mass is 512 g/mol. The molecule has 0 bridgehead atoms. The SMILES string of the molecule is NC1C(c2cc(Cc3ccc(S(=O)(=O)N4CCOCC4)cc3)no2)=CC=CN1COP(=O)(O)O. The van der Waals surface area contributed by atoms with Crippen LogP contribution in [0.3, 0.4) is 0 Å². The Morgan fingerprint density at radius 1 is 1.21 bits per heavy atom. The summed E-state index contributed by atoms with van der Waals surface area (Å²) in [4.78, 5) is 19.4. The van der Waals surface area contributed by atoms with Gasteiger partial charge < -0.3 is 29.7 Å². The minimum absolute atomic E-state index is 0.224. The highest BCUT2D eigenvalue weighted by Crippen LogP contribution is 2.36. The van der Waals surface area contributed by atoms with Crippen molar-refractivity contribution in [2.24, 2.45) is 5.73 Å². The molecular weight excluding hydrogens is 487 g/mol. The fourth-order valence-corrected chi connectivity index (χ4v) is 5.27. The average molecular weight is 512 g/mol. The third-order valence-electron chi connectivity index (χ3n) is 5.36. The summed E-state index contributed by atoms with van der Waals surface area (Å²) in [5, 5.41) is 4.07. The molecule has 0 amide bonds. The lowest BCUT2D eigenvalue weighted by Crippen LogP contribution is -2.41. The summed E-state index contributed by atoms with van der Waals surface area (Å²) in [5.74, 6) is 0.402. The summed E-state index contributed by atoms with van der Waals surface area (Å²) in [5.41, 5.74) is 8.20. The minimum atomic E-state index is -4.64. The standard InChI is InChI=1S/C20H25N4O8PS/c21-20-18(2-1-7-23(20)14-31-33(25,26)27)19-13-16(22-32-19)12-15-3-5-17(6-4-15)34(28,29)24-8-10-30-11-9-24/h1-7,13,20H,8-12,14,21H2,(H2,25,26,27). The van der Waals surface area contributed by atoms with Gasteiger partial charge in [-0.25, -0.2) is 13.0 Å². The minimum Gasteiger partial charge on any atom is -0.379 e. The summed E-state index contributed by atoms with van der Waals surface area (Å²) < 4.78 is 53.1. The summed E-state index contributed by atoms with van der Waals surface area (Å²) in [6, 6.07) is 8.33. The lowest BCUT2D eigenvalue weighted by Gasteiger charge is -2.30. The second-order valence-corrected chi connectivity index (χ2v) is 10.9. The van der Waals surface area contributed by atoms with E-state index in [2.05, 4.69) is 9.68 Å². The van der Waals surface area contributed by atoms with Crippen molar-refractivity contribution in [3.63, 3.8) is 0 Å². The van der Waals surface area contributed by atoms with Gasteiger partial charge in [0.2, 0.25) is 10.0 Å². The second kappa shape index (κ2) is 10.1. The Morgan fingerprint density at radius 3 is 2.59 bits per heavy atom. The number of hydrogen-bond acceptors (Lipinski definition) is 9. The number of phosphoric acid groups is 1. The van der Waals surface area contributed by atoms with Crippen LogP contribution in [0.2, 0.25) is 0 Å². The smallest absolute Gasteiger partial charge is 0.379 e. The molecule has 0 radical (unpaired) electrons. The summed E-state index contributed by atoms with van der Waals surface area (Å²) >= 11 is 0. The Kier molecular flexibility index (Phi) is 7.36. The average Bonchev–Trinajstić information content (AvgIpc) is 3.27. The summed E-state index contributed by atoms with van der Waals surface area (Å²) in [6.45, 7) is 1.04. The molecule has 4 rings (SSSR count). The van der Waals surface area contributed by atoms with Crippen molar-refractivity contribution < 1.29 is 36.6 Å². The van der Waals surface area contributed by atoms with Crippen LogP contribution in [-0.2, 0) is 30.3 Å². The van der Waals surface area contributed by atoms with Gasteiger partial charge in [-0.3, -0.25) is 4.52 Å². The van der Waals surface area contributed by atoms with E-state index in [0.29, 0.717) is 49.8 Å². The Bertz CT molecular complexity index is 1220. The largest absolute Gasteiger partial charge is 0.471 e. The van der Waals surface area contributed by atoms with Crippen molar-refractivity contribution in [2.75, 3.05) is 33.0 Å². The van der Waals surface area contributed by atoms with Gasteiger partial charge in [-0.15, -0.1) is 0 Å². The third kappa shape index (κ3) is 5.82. The Morgan fingerprint density at radius 2 is 1.91 bits per heavy atom. The highest BCUT2D eigenvalue weighted by molar-refractivity contribution is 7.89. The number of aromatic nitrogens is 1. The summed E-state index contributed by atoms with van der Waals surface area (Å²) in [7, 11) is -8.20. The molecule has 1 fully saturated rings. The number of benzene rings is 1. The second-order valence-electron chi connectivity index (χ2n) is 7.69. The van der Waals surface area contributed by atoms with Gasteiger partial charge in [-0.05, 0) is 23.8 Å². The van der Waals surface area contributed by atoms with Crippen molar-refractivity contribution in [2.45, 2.75) is 17.5 Å². The number of sulfonamides is 1. The summed E-state index contributed by atoms with van der Waals surface area (Å²) in [6.07, 6.45) is 4.56. The molecule has 1 aromatic carbocycles. The zero-order chi connectivity index (χ0) is 24.3. The van der Waals surface area contributed by atoms with Crippen LogP contribution in [-0.4, -0.2) is 71.8 Å². The maximum Gasteiger partial charge on any atom is 0.471 e. The van der Waals surface area contributed by atoms with Crippen molar-refractivity contribution in [3.05, 3.63) is 65.7 Å². The number of morpholine rings is 1. The van der Waals surface area contributed by atoms with E-state index in [4.69, 9.17) is 24.8 Å². The molecule has 34 heavy (non-hydrogen) atoms. The van der Waals surface area contributed by atoms with Gasteiger partial charge in [-0.1, -0.05) is 23.4 Å². The molecule has 2 aliphatic rings. The quantitative estimate of drug-likeness (QED) is 0.429. The molecule has 1 aromatic heterocycles. The molecule has 4 N–H and O–H groups in total. The van der Waals surface area contributed by atoms with E-state index in [9.17, 15) is 13.0 Å². The van der Waals surface area contributed by atoms with Crippen LogP contribution in [0.4, 0.5) is 0 Å². The highest BCUT2D eigenvalue weighted by atomic mass is 32.2. The maximum absolute atomic E-state index is 12.8. The fraction of sp³-hybridized carbons (Fsp3) is 0.350. The van der Waals surface area contributed by atoms with Crippen LogP contribution in [0.15, 0.2) is 58.1 Å². The van der Waals surface area contributed by atoms with E-state index in [0.717, 1.165) is 5.56 Å². The third-order valence-corrected chi connectivity index (χ3v) is 7.73. The first-order valence-electron chi connectivity index (χ1n) is 10.4. The van der Waals surface area contributed by atoms with Gasteiger partial charge in [0.05, 0.1) is 23.8 Å². The van der Waals surface area contributed by atoms with Gasteiger partial charge in [0.1, 0.15) is 12.9 Å².